The largest absolute Gasteiger partial charge is 0.462 e. The average molecular weight is 972 g/mol. The number of rotatable bonds is 57. The molecule has 0 aromatic heterocycles. The number of unbranched alkanes of at least 4 members (excludes halogenated alkanes) is 42. The average Bonchev–Trinajstić information content (AvgIpc) is 3.35. The first-order valence-corrected chi connectivity index (χ1v) is 30.8. The Balaban J connectivity index is 4.32. The summed E-state index contributed by atoms with van der Waals surface area (Å²) in [5.41, 5.74) is 0. The van der Waals surface area contributed by atoms with Gasteiger partial charge in [0, 0.05) is 19.3 Å². The summed E-state index contributed by atoms with van der Waals surface area (Å²) in [6.07, 6.45) is 68.8. The molecular weight excluding hydrogens is 853 g/mol. The summed E-state index contributed by atoms with van der Waals surface area (Å²) < 4.78 is 16.9. The Hall–Kier alpha value is -2.11. The first kappa shape index (κ1) is 66.9. The second-order valence-corrected chi connectivity index (χ2v) is 21.0. The van der Waals surface area contributed by atoms with Crippen LogP contribution in [0.5, 0.6) is 0 Å². The smallest absolute Gasteiger partial charge is 0.306 e. The van der Waals surface area contributed by atoms with Crippen molar-refractivity contribution in [2.45, 2.75) is 348 Å². The van der Waals surface area contributed by atoms with Gasteiger partial charge in [0.15, 0.2) is 6.10 Å². The summed E-state index contributed by atoms with van der Waals surface area (Å²) >= 11 is 0. The molecule has 0 aliphatic rings. The van der Waals surface area contributed by atoms with E-state index in [0.717, 1.165) is 70.6 Å². The van der Waals surface area contributed by atoms with Crippen molar-refractivity contribution >= 4 is 17.9 Å². The highest BCUT2D eigenvalue weighted by molar-refractivity contribution is 5.71. The molecule has 0 spiro atoms. The highest BCUT2D eigenvalue weighted by Crippen LogP contribution is 2.18. The molecule has 0 aromatic carbocycles. The molecule has 69 heavy (non-hydrogen) atoms. The van der Waals surface area contributed by atoms with Gasteiger partial charge in [-0.3, -0.25) is 14.4 Å². The predicted octanol–water partition coefficient (Wildman–Crippen LogP) is 20.7. The Labute approximate surface area is 430 Å². The molecule has 0 fully saturated rings. The summed E-state index contributed by atoms with van der Waals surface area (Å²) in [6.45, 7) is 6.67. The van der Waals surface area contributed by atoms with E-state index in [0.29, 0.717) is 19.3 Å². The highest BCUT2D eigenvalue weighted by Gasteiger charge is 2.19. The summed E-state index contributed by atoms with van der Waals surface area (Å²) in [7, 11) is 0. The van der Waals surface area contributed by atoms with Gasteiger partial charge in [-0.2, -0.15) is 0 Å². The second-order valence-electron chi connectivity index (χ2n) is 21.0. The number of carbonyl (C=O) groups is 3. The molecule has 6 nitrogen and oxygen atoms in total. The molecule has 0 rings (SSSR count). The highest BCUT2D eigenvalue weighted by atomic mass is 16.6. The van der Waals surface area contributed by atoms with Crippen LogP contribution in [0.25, 0.3) is 0 Å². The molecule has 0 aromatic rings. The lowest BCUT2D eigenvalue weighted by Crippen LogP contribution is -2.30. The Morgan fingerprint density at radius 2 is 0.522 bits per heavy atom. The molecule has 0 unspecified atom stereocenters. The Morgan fingerprint density at radius 1 is 0.290 bits per heavy atom. The van der Waals surface area contributed by atoms with E-state index in [1.807, 2.05) is 0 Å². The normalized spacial score (nSPS) is 12.1. The number of allylic oxidation sites excluding steroid dienone is 4. The standard InChI is InChI=1S/C63H118O6/c1-4-7-10-13-16-19-22-25-28-30-31-33-35-38-41-44-47-50-53-56-62(65)68-59-60(58-67-61(64)55-52-49-46-43-40-37-34-27-24-21-18-15-12-9-6-3)69-63(66)57-54-51-48-45-42-39-36-32-29-26-23-20-17-14-11-8-5-2/h17,20,26,29,60H,4-16,18-19,21-25,27-28,30-59H2,1-3H3/b20-17+,29-26+/t60-/m1/s1. The molecule has 0 radical (unpaired) electrons. The van der Waals surface area contributed by atoms with Crippen LogP contribution in [0.15, 0.2) is 24.3 Å². The van der Waals surface area contributed by atoms with E-state index in [4.69, 9.17) is 14.2 Å². The van der Waals surface area contributed by atoms with Gasteiger partial charge < -0.3 is 14.2 Å². The molecule has 0 bridgehead atoms. The van der Waals surface area contributed by atoms with Crippen molar-refractivity contribution in [1.29, 1.82) is 0 Å². The quantitative estimate of drug-likeness (QED) is 0.0261. The topological polar surface area (TPSA) is 78.9 Å². The van der Waals surface area contributed by atoms with E-state index in [2.05, 4.69) is 45.1 Å². The van der Waals surface area contributed by atoms with Crippen LogP contribution >= 0.6 is 0 Å². The number of carbonyl (C=O) groups excluding carboxylic acids is 3. The monoisotopic (exact) mass is 971 g/mol. The summed E-state index contributed by atoms with van der Waals surface area (Å²) in [5.74, 6) is -0.850. The molecule has 0 aliphatic heterocycles. The number of hydrogen-bond acceptors (Lipinski definition) is 6. The Bertz CT molecular complexity index is 1110. The van der Waals surface area contributed by atoms with Crippen molar-refractivity contribution < 1.29 is 28.6 Å². The van der Waals surface area contributed by atoms with Crippen LogP contribution in [-0.4, -0.2) is 37.2 Å². The SMILES string of the molecule is CCCCC/C=C/C/C=C/CCCCCCCCCC(=O)O[C@H](COC(=O)CCCCCCCCCCCCCCCCC)COC(=O)CCCCCCCCCCCCCCCCCCCCC. The fourth-order valence-electron chi connectivity index (χ4n) is 9.30. The van der Waals surface area contributed by atoms with Crippen molar-refractivity contribution in [3.8, 4) is 0 Å². The molecular formula is C63H118O6. The molecule has 0 saturated heterocycles. The molecule has 406 valence electrons. The molecule has 0 N–H and O–H groups in total. The summed E-state index contributed by atoms with van der Waals surface area (Å²) in [5, 5.41) is 0. The Kier molecular flexibility index (Phi) is 56.7. The maximum absolute atomic E-state index is 12.9. The van der Waals surface area contributed by atoms with Gasteiger partial charge in [0.1, 0.15) is 13.2 Å². The third-order valence-electron chi connectivity index (χ3n) is 14.0. The number of esters is 3. The van der Waals surface area contributed by atoms with Crippen LogP contribution in [0.4, 0.5) is 0 Å². The van der Waals surface area contributed by atoms with E-state index < -0.39 is 6.10 Å². The van der Waals surface area contributed by atoms with E-state index >= 15 is 0 Å². The van der Waals surface area contributed by atoms with Crippen LogP contribution in [-0.2, 0) is 28.6 Å². The maximum Gasteiger partial charge on any atom is 0.306 e. The molecule has 0 heterocycles. The van der Waals surface area contributed by atoms with Crippen molar-refractivity contribution in [2.24, 2.45) is 0 Å². The zero-order valence-corrected chi connectivity index (χ0v) is 46.6. The van der Waals surface area contributed by atoms with Gasteiger partial charge in [0.25, 0.3) is 0 Å². The van der Waals surface area contributed by atoms with Gasteiger partial charge in [-0.15, -0.1) is 0 Å². The first-order chi connectivity index (χ1) is 34.0. The van der Waals surface area contributed by atoms with Crippen LogP contribution in [0, 0.1) is 0 Å². The van der Waals surface area contributed by atoms with Gasteiger partial charge in [0.05, 0.1) is 0 Å². The van der Waals surface area contributed by atoms with Crippen molar-refractivity contribution in [1.82, 2.24) is 0 Å². The fraction of sp³-hybridized carbons (Fsp3) is 0.889. The second kappa shape index (κ2) is 58.5. The lowest BCUT2D eigenvalue weighted by molar-refractivity contribution is -0.167. The lowest BCUT2D eigenvalue weighted by atomic mass is 10.0. The first-order valence-electron chi connectivity index (χ1n) is 30.8. The summed E-state index contributed by atoms with van der Waals surface area (Å²) in [6, 6.07) is 0. The van der Waals surface area contributed by atoms with Crippen molar-refractivity contribution in [3.63, 3.8) is 0 Å². The molecule has 6 heteroatoms. The third kappa shape index (κ3) is 56.7. The minimum Gasteiger partial charge on any atom is -0.462 e. The molecule has 0 amide bonds. The summed E-state index contributed by atoms with van der Waals surface area (Å²) in [4.78, 5) is 38.2. The van der Waals surface area contributed by atoms with Crippen molar-refractivity contribution in [2.75, 3.05) is 13.2 Å². The third-order valence-corrected chi connectivity index (χ3v) is 14.0. The van der Waals surface area contributed by atoms with Gasteiger partial charge in [0.2, 0.25) is 0 Å². The van der Waals surface area contributed by atoms with Crippen LogP contribution < -0.4 is 0 Å². The maximum atomic E-state index is 12.9. The zero-order valence-electron chi connectivity index (χ0n) is 46.6. The van der Waals surface area contributed by atoms with E-state index in [-0.39, 0.29) is 31.1 Å². The van der Waals surface area contributed by atoms with Crippen LogP contribution in [0.1, 0.15) is 342 Å². The molecule has 0 saturated carbocycles. The van der Waals surface area contributed by atoms with E-state index in [9.17, 15) is 14.4 Å². The number of ether oxygens (including phenoxy) is 3. The zero-order chi connectivity index (χ0) is 50.0. The van der Waals surface area contributed by atoms with Gasteiger partial charge in [-0.25, -0.2) is 0 Å². The number of hydrogen-bond donors (Lipinski definition) is 0. The van der Waals surface area contributed by atoms with Gasteiger partial charge >= 0.3 is 17.9 Å². The van der Waals surface area contributed by atoms with Crippen LogP contribution in [0.3, 0.4) is 0 Å². The van der Waals surface area contributed by atoms with Gasteiger partial charge in [-0.1, -0.05) is 295 Å². The van der Waals surface area contributed by atoms with Crippen LogP contribution in [0.2, 0.25) is 0 Å². The van der Waals surface area contributed by atoms with E-state index in [1.165, 1.54) is 231 Å². The molecule has 0 aliphatic carbocycles. The minimum atomic E-state index is -0.771. The minimum absolute atomic E-state index is 0.0686. The van der Waals surface area contributed by atoms with Gasteiger partial charge in [-0.05, 0) is 51.4 Å². The van der Waals surface area contributed by atoms with E-state index in [1.54, 1.807) is 0 Å². The fourth-order valence-corrected chi connectivity index (χ4v) is 9.30. The Morgan fingerprint density at radius 3 is 0.826 bits per heavy atom. The molecule has 1 atom stereocenters. The lowest BCUT2D eigenvalue weighted by Gasteiger charge is -2.18. The predicted molar refractivity (Wildman–Crippen MR) is 298 cm³/mol. The van der Waals surface area contributed by atoms with Crippen molar-refractivity contribution in [3.05, 3.63) is 24.3 Å².